The van der Waals surface area contributed by atoms with Crippen LogP contribution in [0, 0.1) is 0 Å². The number of hydrogen-bond acceptors (Lipinski definition) is 2. The lowest BCUT2D eigenvalue weighted by atomic mass is 10.0. The normalized spacial score (nSPS) is 11.3. The summed E-state index contributed by atoms with van der Waals surface area (Å²) in [5.74, 6) is 0. The van der Waals surface area contributed by atoms with Gasteiger partial charge in [0.2, 0.25) is 0 Å². The van der Waals surface area contributed by atoms with Crippen LogP contribution in [-0.2, 0) is 12.8 Å². The third-order valence-corrected chi connectivity index (χ3v) is 7.50. The van der Waals surface area contributed by atoms with Crippen LogP contribution in [0.25, 0.3) is 10.6 Å². The summed E-state index contributed by atoms with van der Waals surface area (Å²) < 4.78 is 0. The number of rotatable bonds is 19. The van der Waals surface area contributed by atoms with Crippen molar-refractivity contribution in [1.82, 2.24) is 4.98 Å². The molecule has 1 nitrogen and oxygen atoms in total. The van der Waals surface area contributed by atoms with Crippen molar-refractivity contribution in [3.63, 3.8) is 0 Å². The molecular formula is C29H47NS. The molecule has 174 valence electrons. The lowest BCUT2D eigenvalue weighted by Crippen LogP contribution is -1.89. The van der Waals surface area contributed by atoms with E-state index in [9.17, 15) is 0 Å². The lowest BCUT2D eigenvalue weighted by molar-refractivity contribution is 0.575. The number of thiophene rings is 1. The highest BCUT2D eigenvalue weighted by atomic mass is 32.1. The van der Waals surface area contributed by atoms with Crippen molar-refractivity contribution >= 4 is 11.3 Å². The van der Waals surface area contributed by atoms with E-state index in [0.717, 1.165) is 5.69 Å². The van der Waals surface area contributed by atoms with Gasteiger partial charge in [0.05, 0.1) is 10.6 Å². The van der Waals surface area contributed by atoms with Crippen molar-refractivity contribution in [3.05, 3.63) is 40.9 Å². The molecule has 0 saturated heterocycles. The summed E-state index contributed by atoms with van der Waals surface area (Å²) in [6.07, 6.45) is 26.7. The molecular weight excluding hydrogens is 394 g/mol. The first kappa shape index (κ1) is 26.1. The van der Waals surface area contributed by atoms with Gasteiger partial charge in [-0.2, -0.15) is 0 Å². The molecule has 0 unspecified atom stereocenters. The number of hydrogen-bond donors (Lipinski definition) is 0. The fraction of sp³-hybridized carbons (Fsp3) is 0.690. The zero-order chi connectivity index (χ0) is 22.0. The zero-order valence-corrected chi connectivity index (χ0v) is 21.3. The molecule has 0 atom stereocenters. The number of nitrogens with zero attached hydrogens (tertiary/aromatic N) is 1. The van der Waals surface area contributed by atoms with Gasteiger partial charge in [0, 0.05) is 11.1 Å². The maximum atomic E-state index is 4.77. The predicted molar refractivity (Wildman–Crippen MR) is 140 cm³/mol. The minimum absolute atomic E-state index is 1.15. The summed E-state index contributed by atoms with van der Waals surface area (Å²) in [6, 6.07) is 9.11. The van der Waals surface area contributed by atoms with Crippen LogP contribution < -0.4 is 0 Å². The van der Waals surface area contributed by atoms with Gasteiger partial charge in [0.25, 0.3) is 0 Å². The Hall–Kier alpha value is -1.15. The van der Waals surface area contributed by atoms with E-state index in [1.54, 1.807) is 0 Å². The number of unbranched alkanes of at least 4 members (excludes halogenated alkanes) is 14. The van der Waals surface area contributed by atoms with Crippen LogP contribution >= 0.6 is 11.3 Å². The summed E-state index contributed by atoms with van der Waals surface area (Å²) in [5, 5.41) is 0. The molecule has 0 fully saturated rings. The van der Waals surface area contributed by atoms with Gasteiger partial charge < -0.3 is 0 Å². The molecule has 0 aliphatic heterocycles. The van der Waals surface area contributed by atoms with Crippen LogP contribution in [0.1, 0.15) is 127 Å². The first-order chi connectivity index (χ1) is 15.3. The van der Waals surface area contributed by atoms with Gasteiger partial charge in [0.15, 0.2) is 0 Å². The lowest BCUT2D eigenvalue weighted by Gasteiger charge is -2.04. The molecule has 2 aromatic rings. The van der Waals surface area contributed by atoms with E-state index in [2.05, 4.69) is 44.3 Å². The monoisotopic (exact) mass is 441 g/mol. The average molecular weight is 442 g/mol. The smallest absolute Gasteiger partial charge is 0.0801 e. The highest BCUT2D eigenvalue weighted by Crippen LogP contribution is 2.28. The third-order valence-electron chi connectivity index (χ3n) is 6.33. The Balaban J connectivity index is 1.59. The largest absolute Gasteiger partial charge is 0.255 e. The third kappa shape index (κ3) is 11.9. The van der Waals surface area contributed by atoms with Crippen molar-refractivity contribution in [1.29, 1.82) is 0 Å². The Bertz CT molecular complexity index is 658. The topological polar surface area (TPSA) is 12.9 Å². The molecule has 0 aliphatic carbocycles. The van der Waals surface area contributed by atoms with Gasteiger partial charge in [-0.1, -0.05) is 110 Å². The van der Waals surface area contributed by atoms with Crippen LogP contribution in [0.2, 0.25) is 0 Å². The summed E-state index contributed by atoms with van der Waals surface area (Å²) >= 11 is 1.94. The second-order valence-electron chi connectivity index (χ2n) is 9.27. The molecule has 0 N–H and O–H groups in total. The Morgan fingerprint density at radius 1 is 0.581 bits per heavy atom. The maximum Gasteiger partial charge on any atom is 0.0801 e. The fourth-order valence-electron chi connectivity index (χ4n) is 4.26. The molecule has 31 heavy (non-hydrogen) atoms. The zero-order valence-electron chi connectivity index (χ0n) is 20.5. The molecule has 2 heteroatoms. The van der Waals surface area contributed by atoms with Crippen LogP contribution in [0.5, 0.6) is 0 Å². The van der Waals surface area contributed by atoms with Crippen LogP contribution in [0.15, 0.2) is 30.5 Å². The highest BCUT2D eigenvalue weighted by Gasteiger charge is 2.05. The van der Waals surface area contributed by atoms with Crippen molar-refractivity contribution in [2.75, 3.05) is 0 Å². The van der Waals surface area contributed by atoms with Crippen LogP contribution in [0.3, 0.4) is 0 Å². The Kier molecular flexibility index (Phi) is 14.7. The molecule has 2 rings (SSSR count). The summed E-state index contributed by atoms with van der Waals surface area (Å²) in [5.41, 5.74) is 2.54. The van der Waals surface area contributed by atoms with Crippen LogP contribution in [-0.4, -0.2) is 4.98 Å². The molecule has 0 aliphatic rings. The van der Waals surface area contributed by atoms with E-state index < -0.39 is 0 Å². The van der Waals surface area contributed by atoms with Gasteiger partial charge in [0.1, 0.15) is 0 Å². The summed E-state index contributed by atoms with van der Waals surface area (Å²) in [7, 11) is 0. The second kappa shape index (κ2) is 17.4. The van der Waals surface area contributed by atoms with Gasteiger partial charge in [-0.25, -0.2) is 0 Å². The van der Waals surface area contributed by atoms with E-state index >= 15 is 0 Å². The van der Waals surface area contributed by atoms with Crippen LogP contribution in [0.4, 0.5) is 0 Å². The van der Waals surface area contributed by atoms with Gasteiger partial charge >= 0.3 is 0 Å². The molecule has 0 bridgehead atoms. The van der Waals surface area contributed by atoms with E-state index in [1.165, 1.54) is 131 Å². The Labute approximate surface area is 197 Å². The molecule has 0 spiro atoms. The number of aryl methyl sites for hydroxylation is 2. The Morgan fingerprint density at radius 3 is 1.68 bits per heavy atom. The van der Waals surface area contributed by atoms with Crippen molar-refractivity contribution in [3.8, 4) is 10.6 Å². The van der Waals surface area contributed by atoms with E-state index in [4.69, 9.17) is 4.98 Å². The van der Waals surface area contributed by atoms with E-state index in [0.29, 0.717) is 0 Å². The molecule has 0 saturated carbocycles. The molecule has 2 heterocycles. The van der Waals surface area contributed by atoms with Crippen molar-refractivity contribution in [2.45, 2.75) is 129 Å². The number of pyridine rings is 1. The first-order valence-corrected chi connectivity index (χ1v) is 14.2. The minimum Gasteiger partial charge on any atom is -0.255 e. The van der Waals surface area contributed by atoms with Crippen molar-refractivity contribution < 1.29 is 0 Å². The van der Waals surface area contributed by atoms with Gasteiger partial charge in [-0.15, -0.1) is 11.3 Å². The van der Waals surface area contributed by atoms with E-state index in [-0.39, 0.29) is 0 Å². The average Bonchev–Trinajstić information content (AvgIpc) is 3.27. The standard InChI is InChI=1S/C29H47NS/c1-3-5-7-9-11-13-15-17-19-26-21-23-28(30-25-26)29-24-22-27(31-29)20-18-16-14-12-10-8-6-4-2/h21-25H,3-20H2,1-2H3. The maximum absolute atomic E-state index is 4.77. The van der Waals surface area contributed by atoms with E-state index in [1.807, 2.05) is 11.3 Å². The quantitative estimate of drug-likeness (QED) is 0.198. The van der Waals surface area contributed by atoms with Crippen molar-refractivity contribution in [2.24, 2.45) is 0 Å². The predicted octanol–water partition coefficient (Wildman–Crippen LogP) is 10.2. The highest BCUT2D eigenvalue weighted by molar-refractivity contribution is 7.15. The molecule has 0 aromatic carbocycles. The SMILES string of the molecule is CCCCCCCCCCc1ccc(-c2ccc(CCCCCCCCCC)s2)nc1. The fourth-order valence-corrected chi connectivity index (χ4v) is 5.29. The minimum atomic E-state index is 1.15. The molecule has 2 aromatic heterocycles. The number of aromatic nitrogens is 1. The Morgan fingerprint density at radius 2 is 1.13 bits per heavy atom. The molecule has 0 amide bonds. The summed E-state index contributed by atoms with van der Waals surface area (Å²) in [4.78, 5) is 7.61. The second-order valence-corrected chi connectivity index (χ2v) is 10.4. The summed E-state index contributed by atoms with van der Waals surface area (Å²) in [6.45, 7) is 4.58. The van der Waals surface area contributed by atoms with Gasteiger partial charge in [-0.3, -0.25) is 4.98 Å². The molecule has 0 radical (unpaired) electrons. The van der Waals surface area contributed by atoms with Gasteiger partial charge in [-0.05, 0) is 49.4 Å². The first-order valence-electron chi connectivity index (χ1n) is 13.4.